The van der Waals surface area contributed by atoms with Gasteiger partial charge in [0, 0.05) is 36.6 Å². The number of hydrogen-bond acceptors (Lipinski definition) is 9. The van der Waals surface area contributed by atoms with E-state index in [1.165, 1.54) is 6.33 Å². The fourth-order valence-corrected chi connectivity index (χ4v) is 4.00. The molecule has 0 aliphatic carbocycles. The number of benzene rings is 1. The monoisotopic (exact) mass is 370 g/mol. The number of nitrogens with zero attached hydrogens (tertiary/aromatic N) is 4. The number of guanidine groups is 1. The Balaban J connectivity index is 1.90. The van der Waals surface area contributed by atoms with Crippen LogP contribution in [0.3, 0.4) is 0 Å². The quantitative estimate of drug-likeness (QED) is 0.569. The second-order valence-electron chi connectivity index (χ2n) is 6.25. The van der Waals surface area contributed by atoms with E-state index in [0.717, 1.165) is 36.6 Å². The van der Waals surface area contributed by atoms with E-state index in [9.17, 15) is 0 Å². The lowest BCUT2D eigenvalue weighted by Crippen LogP contribution is -2.53. The van der Waals surface area contributed by atoms with Gasteiger partial charge in [-0.15, -0.1) is 11.8 Å². The highest BCUT2D eigenvalue weighted by atomic mass is 32.2. The summed E-state index contributed by atoms with van der Waals surface area (Å²) in [5, 5.41) is 6.66. The summed E-state index contributed by atoms with van der Waals surface area (Å²) < 4.78 is 0. The summed E-state index contributed by atoms with van der Waals surface area (Å²) >= 11 is 1.64. The highest BCUT2D eigenvalue weighted by molar-refractivity contribution is 7.98. The summed E-state index contributed by atoms with van der Waals surface area (Å²) in [4.78, 5) is 16.7. The van der Waals surface area contributed by atoms with Gasteiger partial charge in [-0.2, -0.15) is 0 Å². The van der Waals surface area contributed by atoms with Crippen molar-refractivity contribution >= 4 is 29.2 Å². The molecule has 2 aliphatic rings. The Hall–Kier alpha value is -2.36. The van der Waals surface area contributed by atoms with Crippen molar-refractivity contribution < 1.29 is 0 Å². The fraction of sp³-hybridized carbons (Fsp3) is 0.353. The van der Waals surface area contributed by atoms with E-state index in [0.29, 0.717) is 23.2 Å². The smallest absolute Gasteiger partial charge is 0.201 e. The molecule has 1 saturated heterocycles. The zero-order valence-corrected chi connectivity index (χ0v) is 15.4. The molecule has 0 bridgehead atoms. The first-order valence-electron chi connectivity index (χ1n) is 8.49. The second-order valence-corrected chi connectivity index (χ2v) is 7.09. The maximum atomic E-state index is 6.91. The van der Waals surface area contributed by atoms with Crippen LogP contribution in [-0.4, -0.2) is 53.3 Å². The van der Waals surface area contributed by atoms with Gasteiger partial charge in [-0.05, 0) is 12.3 Å². The van der Waals surface area contributed by atoms with Crippen LogP contribution in [0.15, 0.2) is 40.5 Å². The Kier molecular flexibility index (Phi) is 4.43. The van der Waals surface area contributed by atoms with Crippen molar-refractivity contribution in [2.75, 3.05) is 43.5 Å². The third kappa shape index (κ3) is 2.77. The number of thioether (sulfide) groups is 1. The fourth-order valence-electron chi connectivity index (χ4n) is 3.34. The van der Waals surface area contributed by atoms with Crippen LogP contribution in [0.1, 0.15) is 11.3 Å². The molecule has 1 aromatic carbocycles. The standard InChI is InChI=1S/C17H22N8S/c1-26-12-5-3-2-4-11(12)17(19)14-13(15(18)22-10-21-14)23-16(24-17)25-8-6-20-7-9-25/h2-5,10,20H,6-9,19H2,1H3,(H,23,24)(H2,18,21,22). The minimum atomic E-state index is -1.13. The normalized spacial score (nSPS) is 22.4. The average molecular weight is 370 g/mol. The number of nitrogens with one attached hydrogen (secondary N) is 2. The zero-order valence-electron chi connectivity index (χ0n) is 14.6. The maximum Gasteiger partial charge on any atom is 0.201 e. The van der Waals surface area contributed by atoms with Crippen molar-refractivity contribution in [2.45, 2.75) is 10.6 Å². The first-order valence-corrected chi connectivity index (χ1v) is 9.72. The third-order valence-electron chi connectivity index (χ3n) is 4.69. The van der Waals surface area contributed by atoms with Crippen LogP contribution in [-0.2, 0) is 5.66 Å². The Labute approximate surface area is 156 Å². The molecule has 9 heteroatoms. The summed E-state index contributed by atoms with van der Waals surface area (Å²) in [7, 11) is 0. The Morgan fingerprint density at radius 3 is 2.73 bits per heavy atom. The summed E-state index contributed by atoms with van der Waals surface area (Å²) in [6, 6.07) is 8.00. The minimum Gasteiger partial charge on any atom is -0.382 e. The third-order valence-corrected chi connectivity index (χ3v) is 5.49. The largest absolute Gasteiger partial charge is 0.382 e. The first kappa shape index (κ1) is 17.1. The SMILES string of the molecule is CSc1ccccc1C1(N)N=C(N2CCNCC2)Nc2c(N)ncnc21. The second kappa shape index (κ2) is 6.75. The molecule has 2 aliphatic heterocycles. The van der Waals surface area contributed by atoms with Gasteiger partial charge in [0.15, 0.2) is 11.5 Å². The van der Waals surface area contributed by atoms with E-state index in [-0.39, 0.29) is 0 Å². The van der Waals surface area contributed by atoms with Gasteiger partial charge in [-0.1, -0.05) is 18.2 Å². The molecule has 0 amide bonds. The van der Waals surface area contributed by atoms with Crippen molar-refractivity contribution in [2.24, 2.45) is 10.7 Å². The summed E-state index contributed by atoms with van der Waals surface area (Å²) in [6.07, 6.45) is 3.46. The van der Waals surface area contributed by atoms with E-state index in [1.54, 1.807) is 11.8 Å². The number of fused-ring (bicyclic) bond motifs is 1. The molecule has 6 N–H and O–H groups in total. The lowest BCUT2D eigenvalue weighted by atomic mass is 9.94. The summed E-state index contributed by atoms with van der Waals surface area (Å²) in [5.41, 5.74) is 14.0. The highest BCUT2D eigenvalue weighted by Gasteiger charge is 2.41. The molecule has 2 aromatic rings. The average Bonchev–Trinajstić information content (AvgIpc) is 2.69. The lowest BCUT2D eigenvalue weighted by molar-refractivity contribution is 0.349. The topological polar surface area (TPSA) is 117 Å². The molecule has 26 heavy (non-hydrogen) atoms. The van der Waals surface area contributed by atoms with Crippen LogP contribution in [0.25, 0.3) is 0 Å². The molecular formula is C17H22N8S. The zero-order chi connectivity index (χ0) is 18.1. The van der Waals surface area contributed by atoms with E-state index in [4.69, 9.17) is 16.5 Å². The van der Waals surface area contributed by atoms with Crippen LogP contribution in [0.4, 0.5) is 11.5 Å². The molecule has 4 rings (SSSR count). The van der Waals surface area contributed by atoms with Gasteiger partial charge in [0.2, 0.25) is 5.96 Å². The summed E-state index contributed by atoms with van der Waals surface area (Å²) in [6.45, 7) is 3.48. The number of rotatable bonds is 2. The molecule has 1 atom stereocenters. The Morgan fingerprint density at radius 1 is 1.19 bits per heavy atom. The van der Waals surface area contributed by atoms with Crippen molar-refractivity contribution in [1.82, 2.24) is 20.2 Å². The number of nitrogen functional groups attached to an aromatic ring is 1. The van der Waals surface area contributed by atoms with Crippen LogP contribution in [0.5, 0.6) is 0 Å². The van der Waals surface area contributed by atoms with Gasteiger partial charge >= 0.3 is 0 Å². The number of aromatic nitrogens is 2. The molecule has 0 saturated carbocycles. The lowest BCUT2D eigenvalue weighted by Gasteiger charge is -2.38. The predicted octanol–water partition coefficient (Wildman–Crippen LogP) is 0.627. The van der Waals surface area contributed by atoms with Crippen LogP contribution >= 0.6 is 11.8 Å². The first-order chi connectivity index (χ1) is 12.6. The van der Waals surface area contributed by atoms with Gasteiger partial charge in [0.1, 0.15) is 17.7 Å². The number of hydrogen-bond donors (Lipinski definition) is 4. The molecule has 8 nitrogen and oxygen atoms in total. The van der Waals surface area contributed by atoms with E-state index in [2.05, 4.69) is 25.5 Å². The van der Waals surface area contributed by atoms with Crippen molar-refractivity contribution in [3.63, 3.8) is 0 Å². The molecule has 1 aromatic heterocycles. The van der Waals surface area contributed by atoms with Crippen molar-refractivity contribution in [1.29, 1.82) is 0 Å². The number of aliphatic imine (C=N–C) groups is 1. The van der Waals surface area contributed by atoms with Gasteiger partial charge in [-0.25, -0.2) is 15.0 Å². The van der Waals surface area contributed by atoms with E-state index in [1.807, 2.05) is 30.5 Å². The molecular weight excluding hydrogens is 348 g/mol. The number of nitrogens with two attached hydrogens (primary N) is 2. The van der Waals surface area contributed by atoms with Crippen molar-refractivity contribution in [3.8, 4) is 0 Å². The molecule has 1 fully saturated rings. The Bertz CT molecular complexity index is 848. The van der Waals surface area contributed by atoms with Gasteiger partial charge in [-0.3, -0.25) is 5.73 Å². The predicted molar refractivity (Wildman–Crippen MR) is 105 cm³/mol. The van der Waals surface area contributed by atoms with Crippen LogP contribution in [0.2, 0.25) is 0 Å². The van der Waals surface area contributed by atoms with E-state index < -0.39 is 5.66 Å². The van der Waals surface area contributed by atoms with E-state index >= 15 is 0 Å². The Morgan fingerprint density at radius 2 is 1.96 bits per heavy atom. The van der Waals surface area contributed by atoms with Gasteiger partial charge in [0.05, 0.1) is 0 Å². The van der Waals surface area contributed by atoms with Gasteiger partial charge < -0.3 is 21.3 Å². The van der Waals surface area contributed by atoms with Crippen LogP contribution < -0.4 is 22.1 Å². The highest BCUT2D eigenvalue weighted by Crippen LogP contribution is 2.40. The number of piperazine rings is 1. The van der Waals surface area contributed by atoms with Gasteiger partial charge in [0.25, 0.3) is 0 Å². The molecule has 3 heterocycles. The number of anilines is 2. The molecule has 0 spiro atoms. The van der Waals surface area contributed by atoms with Crippen molar-refractivity contribution in [3.05, 3.63) is 41.9 Å². The molecule has 136 valence electrons. The minimum absolute atomic E-state index is 0.369. The maximum absolute atomic E-state index is 6.91. The molecule has 1 unspecified atom stereocenters. The summed E-state index contributed by atoms with van der Waals surface area (Å²) in [5.74, 6) is 1.08. The van der Waals surface area contributed by atoms with Crippen LogP contribution in [0, 0.1) is 0 Å². The molecule has 0 radical (unpaired) electrons.